The maximum Gasteiger partial charge on any atom is 0.237 e. The quantitative estimate of drug-likeness (QED) is 0.562. The van der Waals surface area contributed by atoms with Crippen molar-refractivity contribution in [1.29, 1.82) is 0 Å². The van der Waals surface area contributed by atoms with E-state index in [9.17, 15) is 13.2 Å². The predicted octanol–water partition coefficient (Wildman–Crippen LogP) is -1.24. The molecule has 1 amide bonds. The molecule has 0 aliphatic rings. The lowest BCUT2D eigenvalue weighted by Gasteiger charge is -2.12. The number of sulfone groups is 1. The smallest absolute Gasteiger partial charge is 0.237 e. The summed E-state index contributed by atoms with van der Waals surface area (Å²) in [6.07, 6.45) is 6.12. The third-order valence-electron chi connectivity index (χ3n) is 1.68. The van der Waals surface area contributed by atoms with E-state index in [0.717, 1.165) is 6.26 Å². The van der Waals surface area contributed by atoms with E-state index in [-0.39, 0.29) is 24.7 Å². The Morgan fingerprint density at radius 3 is 2.60 bits per heavy atom. The molecule has 15 heavy (non-hydrogen) atoms. The first kappa shape index (κ1) is 13.9. The summed E-state index contributed by atoms with van der Waals surface area (Å²) in [7, 11) is -2.99. The molecule has 0 spiro atoms. The van der Waals surface area contributed by atoms with Crippen LogP contribution in [0.1, 0.15) is 6.92 Å². The maximum atomic E-state index is 11.2. The molecule has 0 heterocycles. The third-order valence-corrected chi connectivity index (χ3v) is 2.63. The van der Waals surface area contributed by atoms with Crippen LogP contribution in [0.25, 0.3) is 0 Å². The Labute approximate surface area is 90.5 Å². The molecule has 6 heteroatoms. The number of carbonyl (C=O) groups is 1. The van der Waals surface area contributed by atoms with E-state index in [4.69, 9.17) is 6.42 Å². The molecular formula is C9H16N2O3S. The molecule has 0 fully saturated rings. The molecule has 0 aromatic carbocycles. The summed E-state index contributed by atoms with van der Waals surface area (Å²) in [5.74, 6) is 2.06. The van der Waals surface area contributed by atoms with Gasteiger partial charge in [-0.3, -0.25) is 4.79 Å². The molecule has 1 unspecified atom stereocenters. The Kier molecular flexibility index (Phi) is 5.97. The van der Waals surface area contributed by atoms with Crippen molar-refractivity contribution in [3.8, 4) is 12.3 Å². The zero-order valence-corrected chi connectivity index (χ0v) is 9.73. The minimum absolute atomic E-state index is 0.0136. The van der Waals surface area contributed by atoms with E-state index < -0.39 is 15.9 Å². The van der Waals surface area contributed by atoms with Gasteiger partial charge in [-0.2, -0.15) is 0 Å². The fourth-order valence-electron chi connectivity index (χ4n) is 0.845. The van der Waals surface area contributed by atoms with Crippen molar-refractivity contribution < 1.29 is 13.2 Å². The van der Waals surface area contributed by atoms with Crippen LogP contribution < -0.4 is 10.6 Å². The predicted molar refractivity (Wildman–Crippen MR) is 59.0 cm³/mol. The number of hydrogen-bond donors (Lipinski definition) is 2. The number of terminal acetylenes is 1. The molecule has 0 aliphatic carbocycles. The average Bonchev–Trinajstić information content (AvgIpc) is 2.11. The summed E-state index contributed by atoms with van der Waals surface area (Å²) in [4.78, 5) is 11.2. The average molecular weight is 232 g/mol. The third kappa shape index (κ3) is 7.97. The number of carbonyl (C=O) groups excluding carboxylic acids is 1. The SMILES string of the molecule is C#CCNC(=O)C(C)NCCS(C)(=O)=O. The molecule has 2 N–H and O–H groups in total. The van der Waals surface area contributed by atoms with E-state index in [1.165, 1.54) is 0 Å². The van der Waals surface area contributed by atoms with Gasteiger partial charge in [0.15, 0.2) is 0 Å². The van der Waals surface area contributed by atoms with Gasteiger partial charge in [0.25, 0.3) is 0 Å². The van der Waals surface area contributed by atoms with Crippen molar-refractivity contribution in [2.24, 2.45) is 0 Å². The summed E-state index contributed by atoms with van der Waals surface area (Å²) in [6, 6.07) is -0.444. The fourth-order valence-corrected chi connectivity index (χ4v) is 1.33. The van der Waals surface area contributed by atoms with E-state index >= 15 is 0 Å². The van der Waals surface area contributed by atoms with Crippen molar-refractivity contribution in [3.05, 3.63) is 0 Å². The molecule has 5 nitrogen and oxygen atoms in total. The van der Waals surface area contributed by atoms with Crippen molar-refractivity contribution in [3.63, 3.8) is 0 Å². The van der Waals surface area contributed by atoms with Crippen LogP contribution in [-0.4, -0.2) is 45.5 Å². The minimum Gasteiger partial charge on any atom is -0.344 e. The lowest BCUT2D eigenvalue weighted by atomic mass is 10.3. The zero-order chi connectivity index (χ0) is 11.9. The number of hydrogen-bond acceptors (Lipinski definition) is 4. The first-order chi connectivity index (χ1) is 6.87. The Hall–Kier alpha value is -1.06. The van der Waals surface area contributed by atoms with E-state index in [0.29, 0.717) is 0 Å². The van der Waals surface area contributed by atoms with Crippen molar-refractivity contribution >= 4 is 15.7 Å². The van der Waals surface area contributed by atoms with Crippen LogP contribution in [0, 0.1) is 12.3 Å². The topological polar surface area (TPSA) is 75.3 Å². The molecule has 0 aliphatic heterocycles. The summed E-state index contributed by atoms with van der Waals surface area (Å²) in [5, 5.41) is 5.28. The maximum absolute atomic E-state index is 11.2. The van der Waals surface area contributed by atoms with Gasteiger partial charge in [0, 0.05) is 12.8 Å². The van der Waals surface area contributed by atoms with Crippen molar-refractivity contribution in [2.45, 2.75) is 13.0 Å². The van der Waals surface area contributed by atoms with Gasteiger partial charge in [0.2, 0.25) is 5.91 Å². The van der Waals surface area contributed by atoms with Crippen LogP contribution in [0.3, 0.4) is 0 Å². The lowest BCUT2D eigenvalue weighted by Crippen LogP contribution is -2.43. The standard InChI is InChI=1S/C9H16N2O3S/c1-4-5-11-9(12)8(2)10-6-7-15(3,13)14/h1,8,10H,5-7H2,2-3H3,(H,11,12). The van der Waals surface area contributed by atoms with Crippen LogP contribution in [0.2, 0.25) is 0 Å². The normalized spacial score (nSPS) is 12.9. The second kappa shape index (κ2) is 6.43. The van der Waals surface area contributed by atoms with Gasteiger partial charge >= 0.3 is 0 Å². The molecule has 86 valence electrons. The van der Waals surface area contributed by atoms with Gasteiger partial charge < -0.3 is 10.6 Å². The molecule has 0 radical (unpaired) electrons. The zero-order valence-electron chi connectivity index (χ0n) is 8.91. The van der Waals surface area contributed by atoms with E-state index in [1.54, 1.807) is 6.92 Å². The molecule has 0 aromatic rings. The Balaban J connectivity index is 3.80. The molecule has 0 saturated carbocycles. The summed E-state index contributed by atoms with van der Waals surface area (Å²) in [5.41, 5.74) is 0. The highest BCUT2D eigenvalue weighted by molar-refractivity contribution is 7.90. The number of rotatable bonds is 6. The van der Waals surface area contributed by atoms with Crippen molar-refractivity contribution in [1.82, 2.24) is 10.6 Å². The lowest BCUT2D eigenvalue weighted by molar-refractivity contribution is -0.122. The summed E-state index contributed by atoms with van der Waals surface area (Å²) >= 11 is 0. The van der Waals surface area contributed by atoms with Crippen LogP contribution in [0.4, 0.5) is 0 Å². The van der Waals surface area contributed by atoms with E-state index in [2.05, 4.69) is 16.6 Å². The van der Waals surface area contributed by atoms with Crippen LogP contribution in [0.5, 0.6) is 0 Å². The summed E-state index contributed by atoms with van der Waals surface area (Å²) < 4.78 is 21.6. The molecule has 0 rings (SSSR count). The minimum atomic E-state index is -2.99. The highest BCUT2D eigenvalue weighted by atomic mass is 32.2. The second-order valence-corrected chi connectivity index (χ2v) is 5.49. The van der Waals surface area contributed by atoms with Crippen LogP contribution >= 0.6 is 0 Å². The first-order valence-corrected chi connectivity index (χ1v) is 6.55. The summed E-state index contributed by atoms with van der Waals surface area (Å²) in [6.45, 7) is 2.08. The highest BCUT2D eigenvalue weighted by Crippen LogP contribution is 1.84. The monoisotopic (exact) mass is 232 g/mol. The highest BCUT2D eigenvalue weighted by Gasteiger charge is 2.11. The van der Waals surface area contributed by atoms with Gasteiger partial charge in [0.05, 0.1) is 18.3 Å². The Morgan fingerprint density at radius 1 is 1.53 bits per heavy atom. The second-order valence-electron chi connectivity index (χ2n) is 3.23. The van der Waals surface area contributed by atoms with Gasteiger partial charge in [-0.25, -0.2) is 8.42 Å². The Bertz CT molecular complexity index is 343. The molecule has 0 aromatic heterocycles. The van der Waals surface area contributed by atoms with Crippen LogP contribution in [-0.2, 0) is 14.6 Å². The van der Waals surface area contributed by atoms with E-state index in [1.807, 2.05) is 0 Å². The molecule has 0 bridgehead atoms. The number of amides is 1. The molecule has 1 atom stereocenters. The van der Waals surface area contributed by atoms with Crippen LogP contribution in [0.15, 0.2) is 0 Å². The molecule has 0 saturated heterocycles. The largest absolute Gasteiger partial charge is 0.344 e. The molecular weight excluding hydrogens is 216 g/mol. The van der Waals surface area contributed by atoms with Crippen molar-refractivity contribution in [2.75, 3.05) is 25.1 Å². The Morgan fingerprint density at radius 2 is 2.13 bits per heavy atom. The van der Waals surface area contributed by atoms with Gasteiger partial charge in [-0.05, 0) is 6.92 Å². The number of nitrogens with one attached hydrogen (secondary N) is 2. The van der Waals surface area contributed by atoms with Gasteiger partial charge in [0.1, 0.15) is 9.84 Å². The van der Waals surface area contributed by atoms with Gasteiger partial charge in [-0.1, -0.05) is 5.92 Å². The van der Waals surface area contributed by atoms with Gasteiger partial charge in [-0.15, -0.1) is 6.42 Å². The first-order valence-electron chi connectivity index (χ1n) is 4.49. The fraction of sp³-hybridized carbons (Fsp3) is 0.667.